The zero-order chi connectivity index (χ0) is 17.8. The predicted molar refractivity (Wildman–Crippen MR) is 95.1 cm³/mol. The Morgan fingerprint density at radius 3 is 2.92 bits per heavy atom. The van der Waals surface area contributed by atoms with Crippen molar-refractivity contribution in [2.45, 2.75) is 6.54 Å². The van der Waals surface area contributed by atoms with Crippen molar-refractivity contribution in [3.63, 3.8) is 0 Å². The van der Waals surface area contributed by atoms with Crippen LogP contribution in [0.15, 0.2) is 42.5 Å². The lowest BCUT2D eigenvalue weighted by Crippen LogP contribution is -2.38. The minimum atomic E-state index is -0.271. The number of carbonyl (C=O) groups excluding carboxylic acids is 2. The molecule has 0 radical (unpaired) electrons. The van der Waals surface area contributed by atoms with Crippen molar-refractivity contribution in [2.24, 2.45) is 0 Å². The molecule has 0 bridgehead atoms. The zero-order valence-electron chi connectivity index (χ0n) is 13.6. The SMILES string of the molecule is COCC(=O)Nc1ccc2c(c1)N(Cc1cccc(Cl)c1)C(=O)CO2. The molecule has 1 aliphatic heterocycles. The molecule has 2 aromatic rings. The number of amides is 2. The number of carbonyl (C=O) groups is 2. The quantitative estimate of drug-likeness (QED) is 0.890. The van der Waals surface area contributed by atoms with Crippen LogP contribution in [0.25, 0.3) is 0 Å². The van der Waals surface area contributed by atoms with Crippen LogP contribution in [0, 0.1) is 0 Å². The molecule has 1 aliphatic rings. The van der Waals surface area contributed by atoms with E-state index in [-0.39, 0.29) is 25.0 Å². The first-order chi connectivity index (χ1) is 12.1. The summed E-state index contributed by atoms with van der Waals surface area (Å²) in [7, 11) is 1.45. The van der Waals surface area contributed by atoms with Gasteiger partial charge >= 0.3 is 0 Å². The number of methoxy groups -OCH3 is 1. The fraction of sp³-hybridized carbons (Fsp3) is 0.222. The van der Waals surface area contributed by atoms with Gasteiger partial charge in [0.15, 0.2) is 6.61 Å². The van der Waals surface area contributed by atoms with Gasteiger partial charge in [-0.3, -0.25) is 9.59 Å². The number of benzene rings is 2. The van der Waals surface area contributed by atoms with Crippen molar-refractivity contribution in [3.05, 3.63) is 53.1 Å². The Morgan fingerprint density at radius 1 is 1.32 bits per heavy atom. The van der Waals surface area contributed by atoms with Crippen molar-refractivity contribution >= 4 is 34.8 Å². The molecule has 0 fully saturated rings. The fourth-order valence-electron chi connectivity index (χ4n) is 2.60. The molecule has 0 aromatic heterocycles. The monoisotopic (exact) mass is 360 g/mol. The number of halogens is 1. The van der Waals surface area contributed by atoms with E-state index in [0.717, 1.165) is 5.56 Å². The van der Waals surface area contributed by atoms with Crippen LogP contribution < -0.4 is 15.0 Å². The summed E-state index contributed by atoms with van der Waals surface area (Å²) >= 11 is 6.02. The van der Waals surface area contributed by atoms with Gasteiger partial charge in [0.25, 0.3) is 5.91 Å². The maximum absolute atomic E-state index is 12.3. The molecule has 0 spiro atoms. The molecule has 7 heteroatoms. The van der Waals surface area contributed by atoms with Gasteiger partial charge in [-0.05, 0) is 35.9 Å². The highest BCUT2D eigenvalue weighted by Gasteiger charge is 2.26. The summed E-state index contributed by atoms with van der Waals surface area (Å²) in [6.45, 7) is 0.299. The molecule has 25 heavy (non-hydrogen) atoms. The molecular formula is C18H17ClN2O4. The van der Waals surface area contributed by atoms with Crippen LogP contribution >= 0.6 is 11.6 Å². The Bertz CT molecular complexity index is 809. The van der Waals surface area contributed by atoms with Gasteiger partial charge in [-0.1, -0.05) is 23.7 Å². The van der Waals surface area contributed by atoms with Crippen LogP contribution in [0.4, 0.5) is 11.4 Å². The molecule has 6 nitrogen and oxygen atoms in total. The van der Waals surface area contributed by atoms with Crippen molar-refractivity contribution < 1.29 is 19.1 Å². The largest absolute Gasteiger partial charge is 0.482 e. The molecule has 3 rings (SSSR count). The van der Waals surface area contributed by atoms with Gasteiger partial charge in [0.05, 0.1) is 12.2 Å². The fourth-order valence-corrected chi connectivity index (χ4v) is 2.81. The number of rotatable bonds is 5. The van der Waals surface area contributed by atoms with Crippen molar-refractivity contribution in [1.82, 2.24) is 0 Å². The van der Waals surface area contributed by atoms with Gasteiger partial charge in [-0.15, -0.1) is 0 Å². The van der Waals surface area contributed by atoms with E-state index in [2.05, 4.69) is 5.32 Å². The molecule has 0 aliphatic carbocycles. The molecule has 0 atom stereocenters. The number of fused-ring (bicyclic) bond motifs is 1. The summed E-state index contributed by atoms with van der Waals surface area (Å²) in [6, 6.07) is 12.5. The van der Waals surface area contributed by atoms with Crippen LogP contribution in [0.5, 0.6) is 5.75 Å². The van der Waals surface area contributed by atoms with E-state index in [1.807, 2.05) is 18.2 Å². The number of hydrogen-bond acceptors (Lipinski definition) is 4. The third kappa shape index (κ3) is 4.10. The number of anilines is 2. The summed E-state index contributed by atoms with van der Waals surface area (Å²) in [5.41, 5.74) is 2.07. The number of nitrogens with zero attached hydrogens (tertiary/aromatic N) is 1. The first-order valence-electron chi connectivity index (χ1n) is 7.67. The van der Waals surface area contributed by atoms with Crippen molar-refractivity contribution in [3.8, 4) is 5.75 Å². The van der Waals surface area contributed by atoms with Crippen LogP contribution in [-0.4, -0.2) is 32.1 Å². The van der Waals surface area contributed by atoms with E-state index in [1.54, 1.807) is 29.2 Å². The molecule has 130 valence electrons. The van der Waals surface area contributed by atoms with E-state index >= 15 is 0 Å². The summed E-state index contributed by atoms with van der Waals surface area (Å²) < 4.78 is 10.3. The highest BCUT2D eigenvalue weighted by Crippen LogP contribution is 2.35. The maximum Gasteiger partial charge on any atom is 0.265 e. The Labute approximate surface area is 150 Å². The average molecular weight is 361 g/mol. The standard InChI is InChI=1S/C18H17ClN2O4/c1-24-10-17(22)20-14-5-6-16-15(8-14)21(18(23)11-25-16)9-12-3-2-4-13(19)7-12/h2-8H,9-11H2,1H3,(H,20,22). The van der Waals surface area contributed by atoms with Gasteiger partial charge in [0.2, 0.25) is 5.91 Å². The minimum absolute atomic E-state index is 0.0249. The van der Waals surface area contributed by atoms with Crippen molar-refractivity contribution in [1.29, 1.82) is 0 Å². The Morgan fingerprint density at radius 2 is 2.16 bits per heavy atom. The molecule has 2 aromatic carbocycles. The van der Waals surface area contributed by atoms with Gasteiger partial charge < -0.3 is 19.7 Å². The predicted octanol–water partition coefficient (Wildman–Crippen LogP) is 2.85. The van der Waals surface area contributed by atoms with Gasteiger partial charge in [-0.2, -0.15) is 0 Å². The number of nitrogens with one attached hydrogen (secondary N) is 1. The highest BCUT2D eigenvalue weighted by atomic mass is 35.5. The lowest BCUT2D eigenvalue weighted by molar-refractivity contribution is -0.121. The third-order valence-electron chi connectivity index (χ3n) is 3.69. The first-order valence-corrected chi connectivity index (χ1v) is 8.05. The van der Waals surface area contributed by atoms with E-state index in [4.69, 9.17) is 21.1 Å². The number of hydrogen-bond donors (Lipinski definition) is 1. The lowest BCUT2D eigenvalue weighted by Gasteiger charge is -2.30. The van der Waals surface area contributed by atoms with E-state index in [0.29, 0.717) is 28.7 Å². The van der Waals surface area contributed by atoms with Crippen LogP contribution in [-0.2, 0) is 20.9 Å². The van der Waals surface area contributed by atoms with Gasteiger partial charge in [0, 0.05) is 17.8 Å². The summed E-state index contributed by atoms with van der Waals surface area (Å²) in [5.74, 6) is 0.158. The Kier molecular flexibility index (Phi) is 5.21. The second-order valence-corrected chi connectivity index (χ2v) is 6.00. The minimum Gasteiger partial charge on any atom is -0.482 e. The molecule has 0 saturated carbocycles. The van der Waals surface area contributed by atoms with Crippen molar-refractivity contribution in [2.75, 3.05) is 30.5 Å². The van der Waals surface area contributed by atoms with E-state index in [1.165, 1.54) is 7.11 Å². The van der Waals surface area contributed by atoms with Gasteiger partial charge in [-0.25, -0.2) is 0 Å². The normalized spacial score (nSPS) is 13.2. The second kappa shape index (κ2) is 7.55. The van der Waals surface area contributed by atoms with Gasteiger partial charge in [0.1, 0.15) is 12.4 Å². The van der Waals surface area contributed by atoms with E-state index < -0.39 is 0 Å². The lowest BCUT2D eigenvalue weighted by atomic mass is 10.1. The molecular weight excluding hydrogens is 344 g/mol. The smallest absolute Gasteiger partial charge is 0.265 e. The summed E-state index contributed by atoms with van der Waals surface area (Å²) in [5, 5.41) is 3.33. The maximum atomic E-state index is 12.3. The summed E-state index contributed by atoms with van der Waals surface area (Å²) in [4.78, 5) is 25.7. The van der Waals surface area contributed by atoms with Crippen LogP contribution in [0.3, 0.4) is 0 Å². The zero-order valence-corrected chi connectivity index (χ0v) is 14.4. The Hall–Kier alpha value is -2.57. The molecule has 0 unspecified atom stereocenters. The average Bonchev–Trinajstić information content (AvgIpc) is 2.58. The first kappa shape index (κ1) is 17.3. The van der Waals surface area contributed by atoms with Crippen LogP contribution in [0.2, 0.25) is 5.02 Å². The molecule has 2 amide bonds. The summed E-state index contributed by atoms with van der Waals surface area (Å²) in [6.07, 6.45) is 0. The van der Waals surface area contributed by atoms with Crippen LogP contribution in [0.1, 0.15) is 5.56 Å². The third-order valence-corrected chi connectivity index (χ3v) is 3.93. The molecule has 1 heterocycles. The second-order valence-electron chi connectivity index (χ2n) is 5.56. The number of ether oxygens (including phenoxy) is 2. The topological polar surface area (TPSA) is 67.9 Å². The van der Waals surface area contributed by atoms with E-state index in [9.17, 15) is 9.59 Å². The molecule has 0 saturated heterocycles. The highest BCUT2D eigenvalue weighted by molar-refractivity contribution is 6.30. The Balaban J connectivity index is 1.88. The molecule has 1 N–H and O–H groups in total.